The molecule has 1 aromatic carbocycles. The standard InChI is InChI=1S/C14H18F3NO/c1-10-5-4-6-11(9-10)18-12-7-2-3-8-13(12)19-14(15,16)17/h2-3,7-8,10-11,18H,4-6,9H2,1H3. The Bertz CT molecular complexity index is 419. The number of ether oxygens (including phenoxy) is 1. The van der Waals surface area contributed by atoms with Crippen LogP contribution in [-0.2, 0) is 0 Å². The van der Waals surface area contributed by atoms with Crippen LogP contribution in [-0.4, -0.2) is 12.4 Å². The molecule has 19 heavy (non-hydrogen) atoms. The molecule has 2 atom stereocenters. The predicted molar refractivity (Wildman–Crippen MR) is 68.2 cm³/mol. The van der Waals surface area contributed by atoms with Gasteiger partial charge in [-0.1, -0.05) is 31.9 Å². The molecule has 2 rings (SSSR count). The maximum Gasteiger partial charge on any atom is 0.573 e. The smallest absolute Gasteiger partial charge is 0.404 e. The minimum atomic E-state index is -4.66. The summed E-state index contributed by atoms with van der Waals surface area (Å²) in [6.45, 7) is 2.17. The van der Waals surface area contributed by atoms with E-state index in [-0.39, 0.29) is 11.8 Å². The molecule has 106 valence electrons. The molecule has 1 aromatic rings. The van der Waals surface area contributed by atoms with Crippen LogP contribution in [0.3, 0.4) is 0 Å². The van der Waals surface area contributed by atoms with Gasteiger partial charge in [0.05, 0.1) is 5.69 Å². The Morgan fingerprint density at radius 2 is 1.95 bits per heavy atom. The molecule has 1 aliphatic rings. The molecule has 0 radical (unpaired) electrons. The van der Waals surface area contributed by atoms with E-state index in [4.69, 9.17) is 0 Å². The van der Waals surface area contributed by atoms with Crippen molar-refractivity contribution in [1.29, 1.82) is 0 Å². The van der Waals surface area contributed by atoms with Gasteiger partial charge in [-0.25, -0.2) is 0 Å². The van der Waals surface area contributed by atoms with Gasteiger partial charge in [0.2, 0.25) is 0 Å². The third-order valence-corrected chi connectivity index (χ3v) is 3.41. The third-order valence-electron chi connectivity index (χ3n) is 3.41. The van der Waals surface area contributed by atoms with Gasteiger partial charge in [0.15, 0.2) is 5.75 Å². The number of hydrogen-bond donors (Lipinski definition) is 1. The van der Waals surface area contributed by atoms with Crippen molar-refractivity contribution < 1.29 is 17.9 Å². The van der Waals surface area contributed by atoms with Crippen LogP contribution >= 0.6 is 0 Å². The molecule has 1 aliphatic carbocycles. The fourth-order valence-corrected chi connectivity index (χ4v) is 2.58. The predicted octanol–water partition coefficient (Wildman–Crippen LogP) is 4.58. The molecule has 5 heteroatoms. The van der Waals surface area contributed by atoms with Crippen LogP contribution in [0, 0.1) is 5.92 Å². The van der Waals surface area contributed by atoms with Gasteiger partial charge in [-0.2, -0.15) is 0 Å². The van der Waals surface area contributed by atoms with E-state index in [9.17, 15) is 13.2 Å². The number of nitrogens with one attached hydrogen (secondary N) is 1. The number of hydrogen-bond acceptors (Lipinski definition) is 2. The molecule has 2 unspecified atom stereocenters. The van der Waals surface area contributed by atoms with E-state index in [1.54, 1.807) is 12.1 Å². The van der Waals surface area contributed by atoms with Gasteiger partial charge in [0.1, 0.15) is 0 Å². The van der Waals surface area contributed by atoms with Crippen LogP contribution in [0.5, 0.6) is 5.75 Å². The summed E-state index contributed by atoms with van der Waals surface area (Å²) in [7, 11) is 0. The highest BCUT2D eigenvalue weighted by atomic mass is 19.4. The maximum absolute atomic E-state index is 12.3. The lowest BCUT2D eigenvalue weighted by Gasteiger charge is -2.29. The SMILES string of the molecule is CC1CCCC(Nc2ccccc2OC(F)(F)F)C1. The average Bonchev–Trinajstić information content (AvgIpc) is 2.30. The Morgan fingerprint density at radius 3 is 2.63 bits per heavy atom. The summed E-state index contributed by atoms with van der Waals surface area (Å²) in [6, 6.07) is 6.43. The van der Waals surface area contributed by atoms with E-state index in [0.29, 0.717) is 11.6 Å². The van der Waals surface area contributed by atoms with Gasteiger partial charge in [-0.3, -0.25) is 0 Å². The first kappa shape index (κ1) is 14.0. The van der Waals surface area contributed by atoms with Crippen molar-refractivity contribution in [3.8, 4) is 5.75 Å². The highest BCUT2D eigenvalue weighted by molar-refractivity contribution is 5.56. The summed E-state index contributed by atoms with van der Waals surface area (Å²) in [5.41, 5.74) is 0.416. The van der Waals surface area contributed by atoms with Crippen LogP contribution in [0.4, 0.5) is 18.9 Å². The van der Waals surface area contributed by atoms with E-state index in [1.165, 1.54) is 18.6 Å². The largest absolute Gasteiger partial charge is 0.573 e. The molecular formula is C14H18F3NO. The molecule has 1 fully saturated rings. The van der Waals surface area contributed by atoms with Gasteiger partial charge in [-0.15, -0.1) is 13.2 Å². The minimum Gasteiger partial charge on any atom is -0.404 e. The lowest BCUT2D eigenvalue weighted by atomic mass is 9.87. The lowest BCUT2D eigenvalue weighted by molar-refractivity contribution is -0.274. The Kier molecular flexibility index (Phi) is 4.22. The van der Waals surface area contributed by atoms with Crippen molar-refractivity contribution in [2.24, 2.45) is 5.92 Å². The molecule has 1 N–H and O–H groups in total. The summed E-state index contributed by atoms with van der Waals surface area (Å²) >= 11 is 0. The average molecular weight is 273 g/mol. The van der Waals surface area contributed by atoms with Crippen LogP contribution in [0.1, 0.15) is 32.6 Å². The highest BCUT2D eigenvalue weighted by Gasteiger charge is 2.32. The first-order chi connectivity index (χ1) is 8.94. The van der Waals surface area contributed by atoms with E-state index >= 15 is 0 Å². The molecular weight excluding hydrogens is 255 g/mol. The zero-order valence-electron chi connectivity index (χ0n) is 10.8. The van der Waals surface area contributed by atoms with E-state index in [2.05, 4.69) is 17.0 Å². The fraction of sp³-hybridized carbons (Fsp3) is 0.571. The first-order valence-electron chi connectivity index (χ1n) is 6.55. The quantitative estimate of drug-likeness (QED) is 0.870. The molecule has 0 spiro atoms. The van der Waals surface area contributed by atoms with Crippen LogP contribution < -0.4 is 10.1 Å². The van der Waals surface area contributed by atoms with Crippen molar-refractivity contribution in [1.82, 2.24) is 0 Å². The van der Waals surface area contributed by atoms with Gasteiger partial charge >= 0.3 is 6.36 Å². The van der Waals surface area contributed by atoms with Crippen molar-refractivity contribution in [2.75, 3.05) is 5.32 Å². The summed E-state index contributed by atoms with van der Waals surface area (Å²) in [6.07, 6.45) is -0.372. The second kappa shape index (κ2) is 5.72. The number of para-hydroxylation sites is 2. The third kappa shape index (κ3) is 4.33. The van der Waals surface area contributed by atoms with E-state index in [0.717, 1.165) is 19.3 Å². The second-order valence-corrected chi connectivity index (χ2v) is 5.16. The van der Waals surface area contributed by atoms with Crippen LogP contribution in [0.2, 0.25) is 0 Å². The zero-order chi connectivity index (χ0) is 13.9. The first-order valence-corrected chi connectivity index (χ1v) is 6.55. The van der Waals surface area contributed by atoms with Crippen molar-refractivity contribution in [3.05, 3.63) is 24.3 Å². The summed E-state index contributed by atoms with van der Waals surface area (Å²) < 4.78 is 41.0. The molecule has 0 aliphatic heterocycles. The Hall–Kier alpha value is -1.39. The molecule has 0 aromatic heterocycles. The van der Waals surface area contributed by atoms with Crippen LogP contribution in [0.25, 0.3) is 0 Å². The van der Waals surface area contributed by atoms with Crippen LogP contribution in [0.15, 0.2) is 24.3 Å². The molecule has 0 bridgehead atoms. The van der Waals surface area contributed by atoms with Crippen molar-refractivity contribution in [2.45, 2.75) is 45.0 Å². The highest BCUT2D eigenvalue weighted by Crippen LogP contribution is 2.33. The maximum atomic E-state index is 12.3. The number of anilines is 1. The Morgan fingerprint density at radius 1 is 1.21 bits per heavy atom. The van der Waals surface area contributed by atoms with Crippen molar-refractivity contribution in [3.63, 3.8) is 0 Å². The zero-order valence-corrected chi connectivity index (χ0v) is 10.8. The molecule has 0 saturated heterocycles. The van der Waals surface area contributed by atoms with E-state index in [1.807, 2.05) is 0 Å². The molecule has 1 saturated carbocycles. The number of halogens is 3. The Labute approximate surface area is 111 Å². The number of alkyl halides is 3. The molecule has 0 amide bonds. The van der Waals surface area contributed by atoms with Gasteiger partial charge in [0.25, 0.3) is 0 Å². The minimum absolute atomic E-state index is 0.159. The number of rotatable bonds is 3. The van der Waals surface area contributed by atoms with Gasteiger partial charge < -0.3 is 10.1 Å². The normalized spacial score (nSPS) is 24.0. The number of benzene rings is 1. The summed E-state index contributed by atoms with van der Waals surface area (Å²) in [4.78, 5) is 0. The second-order valence-electron chi connectivity index (χ2n) is 5.16. The van der Waals surface area contributed by atoms with Gasteiger partial charge in [0, 0.05) is 6.04 Å². The molecule has 2 nitrogen and oxygen atoms in total. The van der Waals surface area contributed by atoms with E-state index < -0.39 is 6.36 Å². The summed E-state index contributed by atoms with van der Waals surface area (Å²) in [5, 5.41) is 3.18. The summed E-state index contributed by atoms with van der Waals surface area (Å²) in [5.74, 6) is 0.454. The lowest BCUT2D eigenvalue weighted by Crippen LogP contribution is -2.27. The Balaban J connectivity index is 2.07. The van der Waals surface area contributed by atoms with Crippen molar-refractivity contribution >= 4 is 5.69 Å². The monoisotopic (exact) mass is 273 g/mol. The fourth-order valence-electron chi connectivity index (χ4n) is 2.58. The molecule has 0 heterocycles. The topological polar surface area (TPSA) is 21.3 Å². The van der Waals surface area contributed by atoms with Gasteiger partial charge in [-0.05, 0) is 30.9 Å².